The highest BCUT2D eigenvalue weighted by Crippen LogP contribution is 2.31. The summed E-state index contributed by atoms with van der Waals surface area (Å²) in [4.78, 5) is 39.1. The van der Waals surface area contributed by atoms with Gasteiger partial charge >= 0.3 is 6.03 Å². The monoisotopic (exact) mass is 417 g/mol. The van der Waals surface area contributed by atoms with Gasteiger partial charge in [0.05, 0.1) is 7.11 Å². The fraction of sp³-hybridized carbons (Fsp3) is 0.208. The Bertz CT molecular complexity index is 1180. The second-order valence-corrected chi connectivity index (χ2v) is 7.60. The van der Waals surface area contributed by atoms with E-state index in [4.69, 9.17) is 4.74 Å². The molecule has 0 radical (unpaired) electrons. The van der Waals surface area contributed by atoms with Gasteiger partial charge in [0, 0.05) is 12.1 Å². The number of rotatable bonds is 6. The van der Waals surface area contributed by atoms with Crippen molar-refractivity contribution >= 4 is 28.6 Å². The predicted octanol–water partition coefficient (Wildman–Crippen LogP) is 2.93. The van der Waals surface area contributed by atoms with E-state index in [2.05, 4.69) is 10.6 Å². The molecule has 7 heteroatoms. The first-order chi connectivity index (χ1) is 14.9. The zero-order valence-electron chi connectivity index (χ0n) is 17.3. The van der Waals surface area contributed by atoms with Crippen LogP contribution in [0.1, 0.15) is 18.1 Å². The van der Waals surface area contributed by atoms with E-state index >= 15 is 0 Å². The summed E-state index contributed by atoms with van der Waals surface area (Å²) < 4.78 is 5.27. The van der Waals surface area contributed by atoms with Crippen molar-refractivity contribution in [2.45, 2.75) is 19.0 Å². The van der Waals surface area contributed by atoms with Gasteiger partial charge in [-0.15, -0.1) is 0 Å². The summed E-state index contributed by atoms with van der Waals surface area (Å²) in [5, 5.41) is 7.50. The van der Waals surface area contributed by atoms with Crippen LogP contribution in [-0.2, 0) is 21.7 Å². The van der Waals surface area contributed by atoms with Crippen LogP contribution in [0.25, 0.3) is 10.8 Å². The molecule has 4 amide bonds. The van der Waals surface area contributed by atoms with Gasteiger partial charge in [-0.05, 0) is 35.4 Å². The van der Waals surface area contributed by atoms with E-state index in [0.29, 0.717) is 11.3 Å². The summed E-state index contributed by atoms with van der Waals surface area (Å²) in [5.41, 5.74) is 0.238. The third-order valence-corrected chi connectivity index (χ3v) is 5.57. The number of nitrogens with one attached hydrogen (secondary N) is 2. The third kappa shape index (κ3) is 3.82. The minimum Gasteiger partial charge on any atom is -0.496 e. The highest BCUT2D eigenvalue weighted by molar-refractivity contribution is 6.09. The van der Waals surface area contributed by atoms with Gasteiger partial charge in [-0.3, -0.25) is 14.5 Å². The average molecular weight is 417 g/mol. The van der Waals surface area contributed by atoms with E-state index in [1.807, 2.05) is 60.7 Å². The number of hydrogen-bond acceptors (Lipinski definition) is 4. The van der Waals surface area contributed by atoms with Crippen LogP contribution < -0.4 is 15.4 Å². The van der Waals surface area contributed by atoms with Crippen molar-refractivity contribution in [3.8, 4) is 5.75 Å². The molecule has 1 unspecified atom stereocenters. The number of carbonyl (C=O) groups excluding carboxylic acids is 3. The minimum absolute atomic E-state index is 0.231. The van der Waals surface area contributed by atoms with Crippen LogP contribution in [0.4, 0.5) is 4.79 Å². The number of hydrogen-bond donors (Lipinski definition) is 2. The van der Waals surface area contributed by atoms with E-state index < -0.39 is 23.4 Å². The van der Waals surface area contributed by atoms with Crippen molar-refractivity contribution in [1.29, 1.82) is 0 Å². The molecule has 0 bridgehead atoms. The molecule has 158 valence electrons. The third-order valence-electron chi connectivity index (χ3n) is 5.57. The second-order valence-electron chi connectivity index (χ2n) is 7.60. The largest absolute Gasteiger partial charge is 0.496 e. The summed E-state index contributed by atoms with van der Waals surface area (Å²) >= 11 is 0. The van der Waals surface area contributed by atoms with Gasteiger partial charge in [0.15, 0.2) is 0 Å². The topological polar surface area (TPSA) is 87.7 Å². The number of ether oxygens (including phenoxy) is 1. The summed E-state index contributed by atoms with van der Waals surface area (Å²) in [5.74, 6) is -0.237. The Morgan fingerprint density at radius 2 is 1.74 bits per heavy atom. The average Bonchev–Trinajstić information content (AvgIpc) is 3.01. The summed E-state index contributed by atoms with van der Waals surface area (Å²) in [7, 11) is 1.56. The van der Waals surface area contributed by atoms with E-state index in [1.165, 1.54) is 0 Å². The Hall–Kier alpha value is -3.87. The van der Waals surface area contributed by atoms with Gasteiger partial charge in [-0.2, -0.15) is 0 Å². The molecule has 3 aromatic rings. The molecule has 1 saturated heterocycles. The molecule has 0 saturated carbocycles. The predicted molar refractivity (Wildman–Crippen MR) is 116 cm³/mol. The lowest BCUT2D eigenvalue weighted by molar-refractivity contribution is -0.134. The quantitative estimate of drug-likeness (QED) is 0.604. The first-order valence-corrected chi connectivity index (χ1v) is 9.94. The van der Waals surface area contributed by atoms with Crippen molar-refractivity contribution in [3.05, 3.63) is 77.9 Å². The molecule has 0 spiro atoms. The molecule has 2 N–H and O–H groups in total. The molecule has 1 atom stereocenters. The lowest BCUT2D eigenvalue weighted by Gasteiger charge is -2.22. The molecule has 1 aliphatic rings. The Morgan fingerprint density at radius 3 is 2.52 bits per heavy atom. The van der Waals surface area contributed by atoms with Crippen LogP contribution in [-0.4, -0.2) is 36.4 Å². The van der Waals surface area contributed by atoms with E-state index in [0.717, 1.165) is 21.2 Å². The van der Waals surface area contributed by atoms with Crippen LogP contribution in [0.2, 0.25) is 0 Å². The number of nitrogens with zero attached hydrogens (tertiary/aromatic N) is 1. The molecule has 4 rings (SSSR count). The smallest absolute Gasteiger partial charge is 0.325 e. The number of amides is 4. The maximum atomic E-state index is 13.1. The van der Waals surface area contributed by atoms with Crippen LogP contribution in [0.3, 0.4) is 0 Å². The molecule has 1 fully saturated rings. The highest BCUT2D eigenvalue weighted by atomic mass is 16.5. The van der Waals surface area contributed by atoms with Gasteiger partial charge < -0.3 is 15.4 Å². The fourth-order valence-corrected chi connectivity index (χ4v) is 3.78. The molecule has 3 aromatic carbocycles. The first-order valence-electron chi connectivity index (χ1n) is 9.94. The molecule has 0 aliphatic carbocycles. The summed E-state index contributed by atoms with van der Waals surface area (Å²) in [6.07, 6.45) is 0. The standard InChI is InChI=1S/C24H23N3O4/c1-24(19-12-11-16-7-3-4-8-17(16)13-19)22(29)27(23(30)26-24)15-21(28)25-14-18-9-5-6-10-20(18)31-2/h3-13H,14-15H2,1-2H3,(H,25,28)(H,26,30). The highest BCUT2D eigenvalue weighted by Gasteiger charge is 2.49. The van der Waals surface area contributed by atoms with Gasteiger partial charge in [-0.25, -0.2) is 4.79 Å². The molecule has 31 heavy (non-hydrogen) atoms. The summed E-state index contributed by atoms with van der Waals surface area (Å²) in [6, 6.07) is 20.1. The SMILES string of the molecule is COc1ccccc1CNC(=O)CN1C(=O)NC(C)(c2ccc3ccccc3c2)C1=O. The molecule has 1 aliphatic heterocycles. The molecule has 7 nitrogen and oxygen atoms in total. The maximum Gasteiger partial charge on any atom is 0.325 e. The number of urea groups is 1. The van der Waals surface area contributed by atoms with Crippen LogP contribution in [0, 0.1) is 0 Å². The van der Waals surface area contributed by atoms with Gasteiger partial charge in [0.1, 0.15) is 17.8 Å². The van der Waals surface area contributed by atoms with Crippen molar-refractivity contribution in [3.63, 3.8) is 0 Å². The van der Waals surface area contributed by atoms with Crippen molar-refractivity contribution in [1.82, 2.24) is 15.5 Å². The van der Waals surface area contributed by atoms with E-state index in [1.54, 1.807) is 20.1 Å². The number of carbonyl (C=O) groups is 3. The molecule has 0 aromatic heterocycles. The number of imide groups is 1. The van der Waals surface area contributed by atoms with Gasteiger partial charge in [0.2, 0.25) is 5.91 Å². The Morgan fingerprint density at radius 1 is 1.03 bits per heavy atom. The van der Waals surface area contributed by atoms with Crippen LogP contribution in [0.5, 0.6) is 5.75 Å². The number of para-hydroxylation sites is 1. The minimum atomic E-state index is -1.23. The molecule has 1 heterocycles. The lowest BCUT2D eigenvalue weighted by Crippen LogP contribution is -2.43. The van der Waals surface area contributed by atoms with Crippen molar-refractivity contribution in [2.24, 2.45) is 0 Å². The Labute approximate surface area is 180 Å². The normalized spacial score (nSPS) is 18.2. The summed E-state index contributed by atoms with van der Waals surface area (Å²) in [6.45, 7) is 1.53. The number of methoxy groups -OCH3 is 1. The van der Waals surface area contributed by atoms with E-state index in [9.17, 15) is 14.4 Å². The van der Waals surface area contributed by atoms with Crippen LogP contribution in [0.15, 0.2) is 66.7 Å². The zero-order chi connectivity index (χ0) is 22.0. The fourth-order valence-electron chi connectivity index (χ4n) is 3.78. The number of benzene rings is 3. The molecular weight excluding hydrogens is 394 g/mol. The molecular formula is C24H23N3O4. The van der Waals surface area contributed by atoms with Crippen molar-refractivity contribution in [2.75, 3.05) is 13.7 Å². The van der Waals surface area contributed by atoms with Crippen molar-refractivity contribution < 1.29 is 19.1 Å². The number of fused-ring (bicyclic) bond motifs is 1. The maximum absolute atomic E-state index is 13.1. The Kier molecular flexibility index (Phi) is 5.33. The van der Waals surface area contributed by atoms with E-state index in [-0.39, 0.29) is 13.1 Å². The van der Waals surface area contributed by atoms with Gasteiger partial charge in [-0.1, -0.05) is 54.6 Å². The van der Waals surface area contributed by atoms with Gasteiger partial charge in [0.25, 0.3) is 5.91 Å². The lowest BCUT2D eigenvalue weighted by atomic mass is 9.90. The first kappa shape index (κ1) is 20.4. The Balaban J connectivity index is 1.47. The zero-order valence-corrected chi connectivity index (χ0v) is 17.3. The second kappa shape index (κ2) is 8.10. The van der Waals surface area contributed by atoms with Crippen LogP contribution >= 0.6 is 0 Å².